The lowest BCUT2D eigenvalue weighted by atomic mass is 10.0. The molecule has 33 heavy (non-hydrogen) atoms. The zero-order valence-electron chi connectivity index (χ0n) is 18.5. The van der Waals surface area contributed by atoms with Gasteiger partial charge in [0.05, 0.1) is 18.0 Å². The maximum Gasteiger partial charge on any atom is 0.433 e. The Kier molecular flexibility index (Phi) is 8.23. The Labute approximate surface area is 190 Å². The molecule has 0 fully saturated rings. The second-order valence-corrected chi connectivity index (χ2v) is 9.75. The molecular formula is C22H25F4N3O3S. The molecule has 1 aromatic heterocycles. The number of benzene rings is 1. The standard InChI is InChI=1S/C22H25F4N3O3S/c1-13(2)11-19-15(6-9-20(28-19)22(24,25)26)7-10-21(30)27-14(3)16-5-8-18(17(23)12-16)29-33(4,31)32/h5-10,12-14,29H,11H2,1-4H3,(H,27,30)/t14-/m1/s1. The molecule has 0 spiro atoms. The van der Waals surface area contributed by atoms with Crippen molar-refractivity contribution in [3.05, 3.63) is 64.7 Å². The summed E-state index contributed by atoms with van der Waals surface area (Å²) in [4.78, 5) is 16.0. The minimum Gasteiger partial charge on any atom is -0.346 e. The van der Waals surface area contributed by atoms with Gasteiger partial charge in [0.15, 0.2) is 0 Å². The number of pyridine rings is 1. The smallest absolute Gasteiger partial charge is 0.346 e. The summed E-state index contributed by atoms with van der Waals surface area (Å²) < 4.78 is 77.7. The van der Waals surface area contributed by atoms with Gasteiger partial charge in [-0.15, -0.1) is 0 Å². The van der Waals surface area contributed by atoms with Crippen LogP contribution < -0.4 is 10.0 Å². The van der Waals surface area contributed by atoms with Gasteiger partial charge in [0.25, 0.3) is 0 Å². The van der Waals surface area contributed by atoms with Crippen LogP contribution in [0.3, 0.4) is 0 Å². The highest BCUT2D eigenvalue weighted by molar-refractivity contribution is 7.92. The van der Waals surface area contributed by atoms with Gasteiger partial charge >= 0.3 is 6.18 Å². The summed E-state index contributed by atoms with van der Waals surface area (Å²) in [6.07, 6.45) is -0.821. The van der Waals surface area contributed by atoms with E-state index in [-0.39, 0.29) is 17.3 Å². The van der Waals surface area contributed by atoms with E-state index in [9.17, 15) is 30.8 Å². The van der Waals surface area contributed by atoms with E-state index in [2.05, 4.69) is 10.3 Å². The van der Waals surface area contributed by atoms with Crippen molar-refractivity contribution < 1.29 is 30.8 Å². The molecule has 1 heterocycles. The van der Waals surface area contributed by atoms with Gasteiger partial charge < -0.3 is 5.32 Å². The number of hydrogen-bond donors (Lipinski definition) is 2. The average Bonchev–Trinajstić information content (AvgIpc) is 2.66. The predicted octanol–water partition coefficient (Wildman–Crippen LogP) is 4.70. The quantitative estimate of drug-likeness (QED) is 0.417. The molecule has 0 saturated heterocycles. The van der Waals surface area contributed by atoms with E-state index in [1.807, 2.05) is 18.6 Å². The SMILES string of the molecule is CC(C)Cc1nc(C(F)(F)F)ccc1C=CC(=O)N[C@H](C)c1ccc(NS(C)(=O)=O)c(F)c1. The number of anilines is 1. The predicted molar refractivity (Wildman–Crippen MR) is 118 cm³/mol. The summed E-state index contributed by atoms with van der Waals surface area (Å²) in [5.41, 5.74) is -0.198. The average molecular weight is 488 g/mol. The van der Waals surface area contributed by atoms with Crippen molar-refractivity contribution in [2.75, 3.05) is 11.0 Å². The van der Waals surface area contributed by atoms with Crippen LogP contribution in [0.4, 0.5) is 23.2 Å². The second kappa shape index (κ2) is 10.3. The van der Waals surface area contributed by atoms with Gasteiger partial charge in [0, 0.05) is 11.8 Å². The van der Waals surface area contributed by atoms with E-state index in [0.717, 1.165) is 18.4 Å². The van der Waals surface area contributed by atoms with Crippen molar-refractivity contribution in [2.24, 2.45) is 5.92 Å². The molecule has 1 amide bonds. The Bertz CT molecular complexity index is 1150. The fourth-order valence-electron chi connectivity index (χ4n) is 2.97. The summed E-state index contributed by atoms with van der Waals surface area (Å²) in [7, 11) is -3.64. The van der Waals surface area contributed by atoms with Crippen molar-refractivity contribution in [1.82, 2.24) is 10.3 Å². The van der Waals surface area contributed by atoms with Gasteiger partial charge in [-0.3, -0.25) is 9.52 Å². The highest BCUT2D eigenvalue weighted by atomic mass is 32.2. The lowest BCUT2D eigenvalue weighted by molar-refractivity contribution is -0.141. The van der Waals surface area contributed by atoms with Crippen LogP contribution >= 0.6 is 0 Å². The molecule has 0 bridgehead atoms. The van der Waals surface area contributed by atoms with Crippen LogP contribution in [-0.2, 0) is 27.4 Å². The van der Waals surface area contributed by atoms with E-state index in [1.165, 1.54) is 30.4 Å². The molecule has 1 aromatic carbocycles. The number of carbonyl (C=O) groups is 1. The summed E-state index contributed by atoms with van der Waals surface area (Å²) in [5.74, 6) is -1.29. The molecule has 0 unspecified atom stereocenters. The van der Waals surface area contributed by atoms with Crippen LogP contribution in [0.2, 0.25) is 0 Å². The number of nitrogens with one attached hydrogen (secondary N) is 2. The van der Waals surface area contributed by atoms with E-state index < -0.39 is 39.7 Å². The van der Waals surface area contributed by atoms with E-state index in [0.29, 0.717) is 17.5 Å². The third kappa shape index (κ3) is 8.16. The van der Waals surface area contributed by atoms with Gasteiger partial charge in [-0.2, -0.15) is 13.2 Å². The second-order valence-electron chi connectivity index (χ2n) is 8.01. The summed E-state index contributed by atoms with van der Waals surface area (Å²) in [6.45, 7) is 5.30. The fraction of sp³-hybridized carbons (Fsp3) is 0.364. The van der Waals surface area contributed by atoms with Crippen molar-refractivity contribution >= 4 is 27.7 Å². The van der Waals surface area contributed by atoms with Crippen molar-refractivity contribution in [3.63, 3.8) is 0 Å². The number of halogens is 4. The van der Waals surface area contributed by atoms with Crippen molar-refractivity contribution in [2.45, 2.75) is 39.4 Å². The molecule has 6 nitrogen and oxygen atoms in total. The molecular weight excluding hydrogens is 462 g/mol. The van der Waals surface area contributed by atoms with Crippen LogP contribution in [0, 0.1) is 11.7 Å². The zero-order chi connectivity index (χ0) is 25.0. The lowest BCUT2D eigenvalue weighted by Gasteiger charge is -2.15. The van der Waals surface area contributed by atoms with Crippen LogP contribution in [0.1, 0.15) is 49.3 Å². The van der Waals surface area contributed by atoms with Crippen molar-refractivity contribution in [3.8, 4) is 0 Å². The Balaban J connectivity index is 2.15. The number of sulfonamides is 1. The Morgan fingerprint density at radius 1 is 1.15 bits per heavy atom. The highest BCUT2D eigenvalue weighted by Crippen LogP contribution is 2.29. The number of carbonyl (C=O) groups excluding carboxylic acids is 1. The lowest BCUT2D eigenvalue weighted by Crippen LogP contribution is -2.24. The summed E-state index contributed by atoms with van der Waals surface area (Å²) in [5, 5.41) is 2.63. The van der Waals surface area contributed by atoms with Gasteiger partial charge in [-0.1, -0.05) is 26.0 Å². The molecule has 11 heteroatoms. The Hall–Kier alpha value is -2.95. The van der Waals surface area contributed by atoms with Gasteiger partial charge in [0.2, 0.25) is 15.9 Å². The van der Waals surface area contributed by atoms with Gasteiger partial charge in [0.1, 0.15) is 11.5 Å². The maximum absolute atomic E-state index is 14.2. The molecule has 0 radical (unpaired) electrons. The molecule has 2 aromatic rings. The topological polar surface area (TPSA) is 88.2 Å². The zero-order valence-corrected chi connectivity index (χ0v) is 19.3. The molecule has 0 aliphatic carbocycles. The number of rotatable bonds is 8. The first-order chi connectivity index (χ1) is 15.2. The minimum atomic E-state index is -4.57. The summed E-state index contributed by atoms with van der Waals surface area (Å²) >= 11 is 0. The number of alkyl halides is 3. The number of hydrogen-bond acceptors (Lipinski definition) is 4. The van der Waals surface area contributed by atoms with Gasteiger partial charge in [-0.25, -0.2) is 17.8 Å². The van der Waals surface area contributed by atoms with E-state index in [1.54, 1.807) is 6.92 Å². The fourth-order valence-corrected chi connectivity index (χ4v) is 3.53. The van der Waals surface area contributed by atoms with E-state index in [4.69, 9.17) is 0 Å². The molecule has 0 saturated carbocycles. The first kappa shape index (κ1) is 26.3. The van der Waals surface area contributed by atoms with Gasteiger partial charge in [-0.05, 0) is 54.7 Å². The molecule has 2 N–H and O–H groups in total. The van der Waals surface area contributed by atoms with Crippen LogP contribution in [-0.4, -0.2) is 25.6 Å². The molecule has 0 aliphatic rings. The van der Waals surface area contributed by atoms with Crippen LogP contribution in [0.15, 0.2) is 36.4 Å². The summed E-state index contributed by atoms with van der Waals surface area (Å²) in [6, 6.07) is 5.32. The minimum absolute atomic E-state index is 0.0528. The molecule has 180 valence electrons. The molecule has 2 rings (SSSR count). The Morgan fingerprint density at radius 2 is 1.82 bits per heavy atom. The molecule has 0 aliphatic heterocycles. The van der Waals surface area contributed by atoms with Crippen LogP contribution in [0.5, 0.6) is 0 Å². The largest absolute Gasteiger partial charge is 0.433 e. The first-order valence-corrected chi connectivity index (χ1v) is 11.9. The number of amides is 1. The van der Waals surface area contributed by atoms with Crippen molar-refractivity contribution in [1.29, 1.82) is 0 Å². The third-order valence-electron chi connectivity index (χ3n) is 4.46. The van der Waals surface area contributed by atoms with Crippen LogP contribution in [0.25, 0.3) is 6.08 Å². The number of nitrogens with zero attached hydrogens (tertiary/aromatic N) is 1. The highest BCUT2D eigenvalue weighted by Gasteiger charge is 2.32. The first-order valence-electron chi connectivity index (χ1n) is 9.98. The number of aromatic nitrogens is 1. The molecule has 1 atom stereocenters. The Morgan fingerprint density at radius 3 is 2.36 bits per heavy atom. The maximum atomic E-state index is 14.2. The monoisotopic (exact) mass is 487 g/mol. The third-order valence-corrected chi connectivity index (χ3v) is 5.05. The van der Waals surface area contributed by atoms with E-state index >= 15 is 0 Å². The normalized spacial score (nSPS) is 13.4.